The van der Waals surface area contributed by atoms with Crippen LogP contribution in [0.4, 0.5) is 20.2 Å². The van der Waals surface area contributed by atoms with Crippen molar-refractivity contribution in [2.24, 2.45) is 0 Å². The summed E-state index contributed by atoms with van der Waals surface area (Å²) in [7, 11) is 0. The minimum absolute atomic E-state index is 0.126. The number of nitrogens with zero attached hydrogens (tertiary/aromatic N) is 2. The topological polar surface area (TPSA) is 59.1 Å². The largest absolute Gasteiger partial charge is 0.586 e. The molecule has 0 bridgehead atoms. The Labute approximate surface area is 205 Å². The fraction of sp³-hybridized carbons (Fsp3) is 0.231. The molecule has 2 unspecified atom stereocenters. The van der Waals surface area contributed by atoms with Crippen LogP contribution in [0.5, 0.6) is 11.5 Å². The van der Waals surface area contributed by atoms with Crippen molar-refractivity contribution in [3.8, 4) is 11.5 Å². The van der Waals surface area contributed by atoms with Gasteiger partial charge in [-0.15, -0.1) is 8.78 Å². The molecule has 180 valence electrons. The summed E-state index contributed by atoms with van der Waals surface area (Å²) in [6.07, 6.45) is -3.30. The van der Waals surface area contributed by atoms with Gasteiger partial charge >= 0.3 is 6.29 Å². The summed E-state index contributed by atoms with van der Waals surface area (Å²) in [5, 5.41) is 0.563. The lowest BCUT2D eigenvalue weighted by Gasteiger charge is -2.43. The maximum atomic E-state index is 13.6. The van der Waals surface area contributed by atoms with E-state index in [0.29, 0.717) is 22.8 Å². The van der Waals surface area contributed by atoms with Gasteiger partial charge < -0.3 is 19.3 Å². The van der Waals surface area contributed by atoms with Crippen molar-refractivity contribution in [2.45, 2.75) is 38.6 Å². The van der Waals surface area contributed by atoms with Crippen molar-refractivity contribution in [3.63, 3.8) is 0 Å². The lowest BCUT2D eigenvalue weighted by Crippen LogP contribution is -2.47. The van der Waals surface area contributed by atoms with Gasteiger partial charge in [-0.1, -0.05) is 29.8 Å². The van der Waals surface area contributed by atoms with Gasteiger partial charge in [0.2, 0.25) is 5.91 Å². The monoisotopic (exact) mass is 498 g/mol. The molecule has 3 aromatic rings. The summed E-state index contributed by atoms with van der Waals surface area (Å²) >= 11 is 6.04. The van der Waals surface area contributed by atoms with E-state index >= 15 is 0 Å². The van der Waals surface area contributed by atoms with Crippen LogP contribution >= 0.6 is 11.6 Å². The highest BCUT2D eigenvalue weighted by atomic mass is 35.5. The van der Waals surface area contributed by atoms with E-state index in [2.05, 4.69) is 9.47 Å². The molecule has 0 radical (unpaired) electrons. The Morgan fingerprint density at radius 3 is 2.43 bits per heavy atom. The zero-order chi connectivity index (χ0) is 24.9. The SMILES string of the molecule is CC(=O)N(c1ccc(Cl)cc1)C1CC(C)N(C(=O)c2ccc3c(c2)OC(F)(F)O3)c2ccccc21. The summed E-state index contributed by atoms with van der Waals surface area (Å²) < 4.78 is 35.9. The summed E-state index contributed by atoms with van der Waals surface area (Å²) in [5.41, 5.74) is 2.33. The maximum absolute atomic E-state index is 13.6. The van der Waals surface area contributed by atoms with Crippen LogP contribution in [-0.4, -0.2) is 24.2 Å². The van der Waals surface area contributed by atoms with Crippen molar-refractivity contribution in [2.75, 3.05) is 9.80 Å². The number of anilines is 2. The zero-order valence-corrected chi connectivity index (χ0v) is 19.6. The predicted octanol–water partition coefficient (Wildman–Crippen LogP) is 6.19. The summed E-state index contributed by atoms with van der Waals surface area (Å²) in [4.78, 5) is 29.7. The Bertz CT molecular complexity index is 1310. The molecule has 0 spiro atoms. The molecule has 2 aliphatic heterocycles. The molecule has 2 atom stereocenters. The molecule has 6 nitrogen and oxygen atoms in total. The van der Waals surface area contributed by atoms with Crippen LogP contribution in [0.25, 0.3) is 0 Å². The third-order valence-electron chi connectivity index (χ3n) is 6.18. The Morgan fingerprint density at radius 2 is 1.71 bits per heavy atom. The van der Waals surface area contributed by atoms with E-state index in [0.717, 1.165) is 5.56 Å². The number of halogens is 3. The fourth-order valence-electron chi connectivity index (χ4n) is 4.74. The van der Waals surface area contributed by atoms with Gasteiger partial charge in [-0.05, 0) is 67.4 Å². The van der Waals surface area contributed by atoms with Gasteiger partial charge in [-0.25, -0.2) is 0 Å². The Hall–Kier alpha value is -3.65. The highest BCUT2D eigenvalue weighted by Crippen LogP contribution is 2.44. The first-order valence-electron chi connectivity index (χ1n) is 11.0. The second-order valence-corrected chi connectivity index (χ2v) is 8.97. The van der Waals surface area contributed by atoms with Gasteiger partial charge in [0.15, 0.2) is 11.5 Å². The van der Waals surface area contributed by atoms with Crippen molar-refractivity contribution in [1.82, 2.24) is 0 Å². The molecule has 0 N–H and O–H groups in total. The third-order valence-corrected chi connectivity index (χ3v) is 6.44. The zero-order valence-electron chi connectivity index (χ0n) is 18.9. The minimum Gasteiger partial charge on any atom is -0.395 e. The lowest BCUT2D eigenvalue weighted by atomic mass is 9.89. The number of carbonyl (C=O) groups is 2. The summed E-state index contributed by atoms with van der Waals surface area (Å²) in [5.74, 6) is -0.831. The molecule has 2 heterocycles. The molecule has 0 saturated carbocycles. The molecular formula is C26H21ClF2N2O4. The van der Waals surface area contributed by atoms with Crippen molar-refractivity contribution >= 4 is 34.8 Å². The number of rotatable bonds is 3. The Morgan fingerprint density at radius 1 is 1.03 bits per heavy atom. The molecule has 2 aliphatic rings. The predicted molar refractivity (Wildman–Crippen MR) is 127 cm³/mol. The molecular weight excluding hydrogens is 478 g/mol. The number of fused-ring (bicyclic) bond motifs is 2. The van der Waals surface area contributed by atoms with Gasteiger partial charge in [-0.2, -0.15) is 0 Å². The van der Waals surface area contributed by atoms with Crippen molar-refractivity contribution in [1.29, 1.82) is 0 Å². The van der Waals surface area contributed by atoms with Gasteiger partial charge in [0.05, 0.1) is 6.04 Å². The summed E-state index contributed by atoms with van der Waals surface area (Å²) in [6.45, 7) is 3.39. The van der Waals surface area contributed by atoms with Crippen LogP contribution in [0.1, 0.15) is 42.2 Å². The molecule has 5 rings (SSSR count). The lowest BCUT2D eigenvalue weighted by molar-refractivity contribution is -0.286. The van der Waals surface area contributed by atoms with E-state index in [-0.39, 0.29) is 41.0 Å². The van der Waals surface area contributed by atoms with Gasteiger partial charge in [0.1, 0.15) is 0 Å². The number of para-hydroxylation sites is 1. The first-order valence-corrected chi connectivity index (χ1v) is 11.4. The fourth-order valence-corrected chi connectivity index (χ4v) is 4.87. The van der Waals surface area contributed by atoms with Crippen LogP contribution < -0.4 is 19.3 Å². The molecule has 3 aromatic carbocycles. The van der Waals surface area contributed by atoms with Gasteiger partial charge in [0.25, 0.3) is 5.91 Å². The number of alkyl halides is 2. The molecule has 0 fully saturated rings. The normalized spacial score (nSPS) is 19.7. The Kier molecular flexibility index (Phi) is 5.63. The molecule has 0 aromatic heterocycles. The van der Waals surface area contributed by atoms with Gasteiger partial charge in [0, 0.05) is 34.9 Å². The molecule has 9 heteroatoms. The molecule has 2 amide bonds. The second kappa shape index (κ2) is 8.53. The van der Waals surface area contributed by atoms with E-state index in [9.17, 15) is 18.4 Å². The van der Waals surface area contributed by atoms with Gasteiger partial charge in [-0.3, -0.25) is 9.59 Å². The first-order chi connectivity index (χ1) is 16.6. The van der Waals surface area contributed by atoms with Crippen molar-refractivity contribution in [3.05, 3.63) is 82.9 Å². The van der Waals surface area contributed by atoms with Crippen LogP contribution in [-0.2, 0) is 4.79 Å². The van der Waals surface area contributed by atoms with E-state index in [1.54, 1.807) is 34.1 Å². The number of hydrogen-bond acceptors (Lipinski definition) is 4. The average molecular weight is 499 g/mol. The highest BCUT2D eigenvalue weighted by Gasteiger charge is 2.44. The van der Waals surface area contributed by atoms with E-state index < -0.39 is 6.29 Å². The number of carbonyl (C=O) groups excluding carboxylic acids is 2. The van der Waals surface area contributed by atoms with E-state index in [1.165, 1.54) is 25.1 Å². The Balaban J connectivity index is 1.53. The third kappa shape index (κ3) is 4.18. The summed E-state index contributed by atoms with van der Waals surface area (Å²) in [6, 6.07) is 17.8. The van der Waals surface area contributed by atoms with Crippen molar-refractivity contribution < 1.29 is 27.8 Å². The number of ether oxygens (including phenoxy) is 2. The van der Waals surface area contributed by atoms with E-state index in [4.69, 9.17) is 11.6 Å². The molecule has 35 heavy (non-hydrogen) atoms. The number of benzene rings is 3. The molecule has 0 aliphatic carbocycles. The molecule has 0 saturated heterocycles. The second-order valence-electron chi connectivity index (χ2n) is 8.53. The average Bonchev–Trinajstić information content (AvgIpc) is 3.13. The minimum atomic E-state index is -3.76. The quantitative estimate of drug-likeness (QED) is 0.432. The van der Waals surface area contributed by atoms with Crippen LogP contribution in [0, 0.1) is 0 Å². The first kappa shape index (κ1) is 23.1. The van der Waals surface area contributed by atoms with Crippen LogP contribution in [0.3, 0.4) is 0 Å². The highest BCUT2D eigenvalue weighted by molar-refractivity contribution is 6.30. The maximum Gasteiger partial charge on any atom is 0.586 e. The van der Waals surface area contributed by atoms with E-state index in [1.807, 2.05) is 31.2 Å². The number of hydrogen-bond donors (Lipinski definition) is 0. The number of amides is 2. The smallest absolute Gasteiger partial charge is 0.395 e. The standard InChI is InChI=1S/C26H21ClF2N2O4/c1-15-13-22(31(16(2)32)19-10-8-18(27)9-11-19)20-5-3-4-6-21(20)30(15)25(33)17-7-12-23-24(14-17)35-26(28,29)34-23/h3-12,14-15,22H,13H2,1-2H3. The van der Waals surface area contributed by atoms with Crippen LogP contribution in [0.15, 0.2) is 66.7 Å². The van der Waals surface area contributed by atoms with Crippen LogP contribution in [0.2, 0.25) is 5.02 Å².